The number of hydrogen-bond donors (Lipinski definition) is 1. The summed E-state index contributed by atoms with van der Waals surface area (Å²) in [6.07, 6.45) is 2.12. The SMILES string of the molecule is CC(C)NCc1occc1CN1CCOC(C)C1. The molecule has 1 aliphatic heterocycles. The van der Waals surface area contributed by atoms with Crippen molar-refractivity contribution < 1.29 is 9.15 Å². The van der Waals surface area contributed by atoms with Gasteiger partial charge in [-0.25, -0.2) is 0 Å². The Kier molecular flexibility index (Phi) is 4.80. The van der Waals surface area contributed by atoms with Gasteiger partial charge in [0, 0.05) is 31.2 Å². The first-order chi connectivity index (χ1) is 8.65. The molecule has 1 aromatic rings. The van der Waals surface area contributed by atoms with E-state index in [2.05, 4.69) is 37.1 Å². The van der Waals surface area contributed by atoms with Crippen LogP contribution in [-0.4, -0.2) is 36.7 Å². The van der Waals surface area contributed by atoms with E-state index in [0.717, 1.165) is 38.5 Å². The lowest BCUT2D eigenvalue weighted by atomic mass is 10.2. The summed E-state index contributed by atoms with van der Waals surface area (Å²) in [5, 5.41) is 3.40. The molecule has 0 amide bonds. The highest BCUT2D eigenvalue weighted by atomic mass is 16.5. The maximum atomic E-state index is 5.56. The van der Waals surface area contributed by atoms with Gasteiger partial charge in [-0.15, -0.1) is 0 Å². The molecule has 102 valence electrons. The van der Waals surface area contributed by atoms with Crippen molar-refractivity contribution >= 4 is 0 Å². The van der Waals surface area contributed by atoms with Crippen LogP contribution < -0.4 is 5.32 Å². The van der Waals surface area contributed by atoms with E-state index in [0.29, 0.717) is 12.1 Å². The third kappa shape index (κ3) is 3.83. The Hall–Kier alpha value is -0.840. The smallest absolute Gasteiger partial charge is 0.122 e. The Morgan fingerprint density at radius 1 is 1.50 bits per heavy atom. The molecular formula is C14H24N2O2. The van der Waals surface area contributed by atoms with Crippen LogP contribution in [0.25, 0.3) is 0 Å². The van der Waals surface area contributed by atoms with E-state index >= 15 is 0 Å². The van der Waals surface area contributed by atoms with Gasteiger partial charge in [0.15, 0.2) is 0 Å². The fourth-order valence-corrected chi connectivity index (χ4v) is 2.23. The average Bonchev–Trinajstić information content (AvgIpc) is 2.74. The number of ether oxygens (including phenoxy) is 1. The van der Waals surface area contributed by atoms with E-state index < -0.39 is 0 Å². The molecule has 1 saturated heterocycles. The Morgan fingerprint density at radius 2 is 2.33 bits per heavy atom. The van der Waals surface area contributed by atoms with E-state index in [-0.39, 0.29) is 0 Å². The monoisotopic (exact) mass is 252 g/mol. The fourth-order valence-electron chi connectivity index (χ4n) is 2.23. The van der Waals surface area contributed by atoms with E-state index in [1.54, 1.807) is 6.26 Å². The molecule has 4 heteroatoms. The van der Waals surface area contributed by atoms with Gasteiger partial charge in [-0.1, -0.05) is 13.8 Å². The molecule has 2 rings (SSSR count). The van der Waals surface area contributed by atoms with Crippen molar-refractivity contribution in [1.29, 1.82) is 0 Å². The molecule has 1 aliphatic rings. The molecule has 18 heavy (non-hydrogen) atoms. The third-order valence-electron chi connectivity index (χ3n) is 3.23. The second kappa shape index (κ2) is 6.36. The van der Waals surface area contributed by atoms with Crippen molar-refractivity contribution in [3.05, 3.63) is 23.7 Å². The lowest BCUT2D eigenvalue weighted by Gasteiger charge is -2.30. The highest BCUT2D eigenvalue weighted by Gasteiger charge is 2.18. The van der Waals surface area contributed by atoms with Gasteiger partial charge >= 0.3 is 0 Å². The van der Waals surface area contributed by atoms with Crippen molar-refractivity contribution in [3.63, 3.8) is 0 Å². The van der Waals surface area contributed by atoms with Gasteiger partial charge in [0.2, 0.25) is 0 Å². The molecule has 1 fully saturated rings. The highest BCUT2D eigenvalue weighted by Crippen LogP contribution is 2.15. The molecule has 4 nitrogen and oxygen atoms in total. The van der Waals surface area contributed by atoms with Crippen LogP contribution in [0, 0.1) is 0 Å². The molecule has 0 saturated carbocycles. The Balaban J connectivity index is 1.90. The van der Waals surface area contributed by atoms with Gasteiger partial charge < -0.3 is 14.5 Å². The molecule has 0 bridgehead atoms. The number of hydrogen-bond acceptors (Lipinski definition) is 4. The zero-order valence-electron chi connectivity index (χ0n) is 11.6. The summed E-state index contributed by atoms with van der Waals surface area (Å²) in [5.41, 5.74) is 1.29. The first-order valence-corrected chi connectivity index (χ1v) is 6.77. The number of nitrogens with one attached hydrogen (secondary N) is 1. The molecule has 0 aliphatic carbocycles. The molecule has 0 aromatic carbocycles. The first-order valence-electron chi connectivity index (χ1n) is 6.77. The first kappa shape index (κ1) is 13.6. The molecule has 0 radical (unpaired) electrons. The summed E-state index contributed by atoms with van der Waals surface area (Å²) >= 11 is 0. The van der Waals surface area contributed by atoms with Crippen LogP contribution in [0.3, 0.4) is 0 Å². The summed E-state index contributed by atoms with van der Waals surface area (Å²) < 4.78 is 11.1. The van der Waals surface area contributed by atoms with Gasteiger partial charge in [0.25, 0.3) is 0 Å². The van der Waals surface area contributed by atoms with Gasteiger partial charge in [-0.05, 0) is 13.0 Å². The van der Waals surface area contributed by atoms with Crippen LogP contribution in [0.15, 0.2) is 16.7 Å². The van der Waals surface area contributed by atoms with Crippen molar-refractivity contribution in [1.82, 2.24) is 10.2 Å². The van der Waals surface area contributed by atoms with Gasteiger partial charge in [0.05, 0.1) is 25.5 Å². The molecular weight excluding hydrogens is 228 g/mol. The molecule has 1 aromatic heterocycles. The van der Waals surface area contributed by atoms with Crippen molar-refractivity contribution in [2.45, 2.75) is 46.0 Å². The van der Waals surface area contributed by atoms with Crippen LogP contribution in [0.1, 0.15) is 32.1 Å². The summed E-state index contributed by atoms with van der Waals surface area (Å²) in [5.74, 6) is 1.06. The van der Waals surface area contributed by atoms with Crippen molar-refractivity contribution in [3.8, 4) is 0 Å². The second-order valence-electron chi connectivity index (χ2n) is 5.32. The Bertz CT molecular complexity index is 362. The minimum atomic E-state index is 0.336. The minimum Gasteiger partial charge on any atom is -0.468 e. The molecule has 1 N–H and O–H groups in total. The minimum absolute atomic E-state index is 0.336. The van der Waals surface area contributed by atoms with E-state index in [1.165, 1.54) is 5.56 Å². The van der Waals surface area contributed by atoms with Crippen LogP contribution in [0.4, 0.5) is 0 Å². The average molecular weight is 252 g/mol. The number of rotatable bonds is 5. The number of morpholine rings is 1. The molecule has 1 atom stereocenters. The topological polar surface area (TPSA) is 37.6 Å². The summed E-state index contributed by atoms with van der Waals surface area (Å²) in [6.45, 7) is 11.0. The van der Waals surface area contributed by atoms with Crippen LogP contribution in [0.5, 0.6) is 0 Å². The quantitative estimate of drug-likeness (QED) is 0.870. The normalized spacial score (nSPS) is 21.7. The van der Waals surface area contributed by atoms with Gasteiger partial charge in [0.1, 0.15) is 5.76 Å². The highest BCUT2D eigenvalue weighted by molar-refractivity contribution is 5.17. The predicted molar refractivity (Wildman–Crippen MR) is 71.4 cm³/mol. The molecule has 2 heterocycles. The van der Waals surface area contributed by atoms with Crippen molar-refractivity contribution in [2.75, 3.05) is 19.7 Å². The van der Waals surface area contributed by atoms with Crippen LogP contribution in [-0.2, 0) is 17.8 Å². The van der Waals surface area contributed by atoms with Crippen LogP contribution in [0.2, 0.25) is 0 Å². The predicted octanol–water partition coefficient (Wildman–Crippen LogP) is 2.00. The lowest BCUT2D eigenvalue weighted by molar-refractivity contribution is -0.0213. The zero-order valence-corrected chi connectivity index (χ0v) is 11.6. The second-order valence-corrected chi connectivity index (χ2v) is 5.32. The Morgan fingerprint density at radius 3 is 3.06 bits per heavy atom. The maximum Gasteiger partial charge on any atom is 0.122 e. The molecule has 1 unspecified atom stereocenters. The lowest BCUT2D eigenvalue weighted by Crippen LogP contribution is -2.40. The third-order valence-corrected chi connectivity index (χ3v) is 3.23. The number of furan rings is 1. The van der Waals surface area contributed by atoms with Gasteiger partial charge in [-0.2, -0.15) is 0 Å². The van der Waals surface area contributed by atoms with E-state index in [4.69, 9.17) is 9.15 Å². The maximum absolute atomic E-state index is 5.56. The van der Waals surface area contributed by atoms with E-state index in [1.807, 2.05) is 0 Å². The van der Waals surface area contributed by atoms with Gasteiger partial charge in [-0.3, -0.25) is 4.90 Å². The van der Waals surface area contributed by atoms with Crippen molar-refractivity contribution in [2.24, 2.45) is 0 Å². The zero-order chi connectivity index (χ0) is 13.0. The molecule has 0 spiro atoms. The largest absolute Gasteiger partial charge is 0.468 e. The summed E-state index contributed by atoms with van der Waals surface area (Å²) in [6, 6.07) is 2.56. The summed E-state index contributed by atoms with van der Waals surface area (Å²) in [7, 11) is 0. The fraction of sp³-hybridized carbons (Fsp3) is 0.714. The van der Waals surface area contributed by atoms with E-state index in [9.17, 15) is 0 Å². The summed E-state index contributed by atoms with van der Waals surface area (Å²) in [4.78, 5) is 2.43. The standard InChI is InChI=1S/C14H24N2O2/c1-11(2)15-8-14-13(4-6-18-14)10-16-5-7-17-12(3)9-16/h4,6,11-12,15H,5,7-10H2,1-3H3. The Labute approximate surface area is 109 Å². The number of nitrogens with zero attached hydrogens (tertiary/aromatic N) is 1. The van der Waals surface area contributed by atoms with Crippen LogP contribution >= 0.6 is 0 Å².